The number of fused-ring (bicyclic) bond motifs is 1. The van der Waals surface area contributed by atoms with Crippen LogP contribution in [-0.4, -0.2) is 104 Å². The molecule has 3 aromatic heterocycles. The van der Waals surface area contributed by atoms with Crippen LogP contribution in [0.3, 0.4) is 0 Å². The van der Waals surface area contributed by atoms with E-state index >= 15 is 0 Å². The van der Waals surface area contributed by atoms with Crippen molar-refractivity contribution < 1.29 is 5.11 Å². The average molecular weight is 653 g/mol. The first-order valence-corrected chi connectivity index (χ1v) is 17.4. The van der Waals surface area contributed by atoms with Crippen LogP contribution in [0.2, 0.25) is 0 Å². The number of anilines is 3. The smallest absolute Gasteiger partial charge is 0.278 e. The zero-order valence-corrected chi connectivity index (χ0v) is 28.2. The number of nitrogens with one attached hydrogen (secondary N) is 2. The van der Waals surface area contributed by atoms with Crippen LogP contribution < -0.4 is 21.1 Å². The Bertz CT molecular complexity index is 1770. The Hall–Kier alpha value is -4.10. The molecule has 254 valence electrons. The second-order valence-corrected chi connectivity index (χ2v) is 13.8. The molecule has 0 unspecified atom stereocenters. The zero-order chi connectivity index (χ0) is 33.3. The van der Waals surface area contributed by atoms with Crippen LogP contribution in [0, 0.1) is 0 Å². The Labute approximate surface area is 282 Å². The molecule has 0 radical (unpaired) electrons. The molecule has 7 rings (SSSR count). The maximum Gasteiger partial charge on any atom is 0.278 e. The fraction of sp³-hybridized carbons (Fsp3) is 0.500. The summed E-state index contributed by atoms with van der Waals surface area (Å²) in [6, 6.07) is 15.3. The van der Waals surface area contributed by atoms with Crippen molar-refractivity contribution in [1.82, 2.24) is 39.4 Å². The fourth-order valence-corrected chi connectivity index (χ4v) is 7.51. The summed E-state index contributed by atoms with van der Waals surface area (Å²) < 4.78 is 3.20. The van der Waals surface area contributed by atoms with Crippen LogP contribution in [-0.2, 0) is 12.1 Å². The quantitative estimate of drug-likeness (QED) is 0.232. The van der Waals surface area contributed by atoms with Gasteiger partial charge >= 0.3 is 0 Å². The molecule has 12 nitrogen and oxygen atoms in total. The van der Waals surface area contributed by atoms with E-state index in [9.17, 15) is 9.90 Å². The van der Waals surface area contributed by atoms with E-state index in [1.807, 2.05) is 6.07 Å². The first-order valence-electron chi connectivity index (χ1n) is 17.4. The van der Waals surface area contributed by atoms with Gasteiger partial charge in [0.15, 0.2) is 11.5 Å². The molecule has 3 fully saturated rings. The second kappa shape index (κ2) is 13.8. The van der Waals surface area contributed by atoms with Gasteiger partial charge in [-0.3, -0.25) is 9.69 Å². The van der Waals surface area contributed by atoms with Gasteiger partial charge < -0.3 is 25.5 Å². The van der Waals surface area contributed by atoms with E-state index in [4.69, 9.17) is 4.98 Å². The molecular formula is C36H48N10O2. The Morgan fingerprint density at radius 2 is 1.62 bits per heavy atom. The molecule has 0 spiro atoms. The van der Waals surface area contributed by atoms with Gasteiger partial charge in [-0.2, -0.15) is 4.98 Å². The van der Waals surface area contributed by atoms with Gasteiger partial charge in [0, 0.05) is 55.8 Å². The van der Waals surface area contributed by atoms with Gasteiger partial charge in [-0.1, -0.05) is 12.1 Å². The number of likely N-dealkylation sites (tertiary alicyclic amines) is 1. The van der Waals surface area contributed by atoms with Crippen molar-refractivity contribution in [1.29, 1.82) is 0 Å². The largest absolute Gasteiger partial charge is 0.384 e. The van der Waals surface area contributed by atoms with Crippen LogP contribution in [0.15, 0.2) is 66.1 Å². The van der Waals surface area contributed by atoms with E-state index in [0.717, 1.165) is 37.9 Å². The molecule has 0 saturated carbocycles. The summed E-state index contributed by atoms with van der Waals surface area (Å²) in [6.45, 7) is 16.5. The topological polar surface area (TPSA) is 120 Å². The third kappa shape index (κ3) is 6.75. The van der Waals surface area contributed by atoms with Gasteiger partial charge in [-0.25, -0.2) is 19.3 Å². The van der Waals surface area contributed by atoms with Crippen LogP contribution in [0.4, 0.5) is 17.3 Å². The number of nitrogens with zero attached hydrogens (tertiary/aromatic N) is 8. The van der Waals surface area contributed by atoms with Crippen LogP contribution in [0.1, 0.15) is 45.2 Å². The maximum atomic E-state index is 13.3. The molecule has 0 bridgehead atoms. The first-order chi connectivity index (χ1) is 23.3. The summed E-state index contributed by atoms with van der Waals surface area (Å²) in [5.74, 6) is 0.846. The van der Waals surface area contributed by atoms with E-state index < -0.39 is 5.60 Å². The molecule has 48 heavy (non-hydrogen) atoms. The number of benzene rings is 1. The van der Waals surface area contributed by atoms with Crippen molar-refractivity contribution in [2.45, 2.75) is 63.8 Å². The Morgan fingerprint density at radius 1 is 0.938 bits per heavy atom. The first kappa shape index (κ1) is 32.4. The summed E-state index contributed by atoms with van der Waals surface area (Å²) in [5.41, 5.74) is 1.60. The second-order valence-electron chi connectivity index (χ2n) is 13.8. The highest BCUT2D eigenvalue weighted by atomic mass is 16.3. The number of rotatable bonds is 9. The highest BCUT2D eigenvalue weighted by Crippen LogP contribution is 2.26. The molecule has 0 atom stereocenters. The summed E-state index contributed by atoms with van der Waals surface area (Å²) in [5, 5.41) is 17.8. The number of piperazine rings is 1. The van der Waals surface area contributed by atoms with Gasteiger partial charge in [0.2, 0.25) is 5.95 Å². The summed E-state index contributed by atoms with van der Waals surface area (Å²) in [4.78, 5) is 35.2. The minimum absolute atomic E-state index is 0.237. The van der Waals surface area contributed by atoms with E-state index in [-0.39, 0.29) is 12.1 Å². The predicted octanol–water partition coefficient (Wildman–Crippen LogP) is 3.47. The van der Waals surface area contributed by atoms with E-state index in [0.29, 0.717) is 34.5 Å². The average Bonchev–Trinajstić information content (AvgIpc) is 3.39. The number of aliphatic hydroxyl groups is 1. The zero-order valence-electron chi connectivity index (χ0n) is 28.2. The lowest BCUT2D eigenvalue weighted by Gasteiger charge is -2.45. The number of piperidine rings is 2. The molecule has 3 N–H and O–H groups in total. The van der Waals surface area contributed by atoms with E-state index in [1.54, 1.807) is 42.9 Å². The number of allylic oxidation sites excluding steroid dienone is 1. The fourth-order valence-electron chi connectivity index (χ4n) is 7.51. The van der Waals surface area contributed by atoms with Crippen molar-refractivity contribution >= 4 is 28.4 Å². The number of aromatic nitrogens is 5. The van der Waals surface area contributed by atoms with Crippen LogP contribution in [0.5, 0.6) is 0 Å². The molecule has 1 aromatic carbocycles. The van der Waals surface area contributed by atoms with Gasteiger partial charge in [0.05, 0.1) is 12.2 Å². The Morgan fingerprint density at radius 3 is 2.31 bits per heavy atom. The third-order valence-electron chi connectivity index (χ3n) is 10.2. The molecule has 0 aliphatic carbocycles. The highest BCUT2D eigenvalue weighted by molar-refractivity contribution is 5.77. The monoisotopic (exact) mass is 652 g/mol. The highest BCUT2D eigenvalue weighted by Gasteiger charge is 2.30. The molecule has 0 amide bonds. The SMILES string of the molecule is C=CCn1c(=O)c2cnc(Nc3ccc(N4CCN(C5CCN(C6CCNCC6)CC5)CC4)cc3)nc2n1-c1cccc(C(C)(C)O)n1. The van der Waals surface area contributed by atoms with Crippen molar-refractivity contribution in [3.63, 3.8) is 0 Å². The normalized spacial score (nSPS) is 19.2. The molecule has 12 heteroatoms. The number of hydrogen-bond acceptors (Lipinski definition) is 10. The molecule has 3 saturated heterocycles. The van der Waals surface area contributed by atoms with Crippen LogP contribution >= 0.6 is 0 Å². The van der Waals surface area contributed by atoms with E-state index in [1.165, 1.54) is 62.2 Å². The lowest BCUT2D eigenvalue weighted by atomic mass is 9.97. The van der Waals surface area contributed by atoms with Gasteiger partial charge in [0.1, 0.15) is 11.0 Å². The maximum absolute atomic E-state index is 13.3. The predicted molar refractivity (Wildman–Crippen MR) is 190 cm³/mol. The Kier molecular flexibility index (Phi) is 9.32. The van der Waals surface area contributed by atoms with Crippen LogP contribution in [0.25, 0.3) is 16.9 Å². The van der Waals surface area contributed by atoms with Crippen molar-refractivity contribution in [2.24, 2.45) is 0 Å². The van der Waals surface area contributed by atoms with Crippen molar-refractivity contribution in [3.8, 4) is 5.82 Å². The summed E-state index contributed by atoms with van der Waals surface area (Å²) >= 11 is 0. The molecular weight excluding hydrogens is 604 g/mol. The van der Waals surface area contributed by atoms with Gasteiger partial charge in [-0.15, -0.1) is 6.58 Å². The molecule has 4 aromatic rings. The summed E-state index contributed by atoms with van der Waals surface area (Å²) in [7, 11) is 0. The minimum atomic E-state index is -1.14. The summed E-state index contributed by atoms with van der Waals surface area (Å²) in [6.07, 6.45) is 8.38. The molecule has 3 aliphatic rings. The number of pyridine rings is 1. The third-order valence-corrected chi connectivity index (χ3v) is 10.2. The Balaban J connectivity index is 1.01. The van der Waals surface area contributed by atoms with Crippen molar-refractivity contribution in [3.05, 3.63) is 77.4 Å². The molecule has 3 aliphatic heterocycles. The van der Waals surface area contributed by atoms with Gasteiger partial charge in [0.25, 0.3) is 5.56 Å². The van der Waals surface area contributed by atoms with Crippen molar-refractivity contribution in [2.75, 3.05) is 62.6 Å². The molecule has 6 heterocycles. The lowest BCUT2D eigenvalue weighted by Crippen LogP contribution is -2.55. The van der Waals surface area contributed by atoms with E-state index in [2.05, 4.69) is 66.1 Å². The van der Waals surface area contributed by atoms with Gasteiger partial charge in [-0.05, 0) is 102 Å². The number of hydrogen-bond donors (Lipinski definition) is 3. The standard InChI is InChI=1S/C36H48N10O2/c1-4-18-45-34(47)30-25-38-35(41-33(30)46(45)32-7-5-6-31(40-32)36(2,3)48)39-26-8-10-27(11-9-26)43-21-23-44(24-22-43)29-14-19-42(20-15-29)28-12-16-37-17-13-28/h4-11,25,28-29,37,48H,1,12-24H2,2-3H3,(H,38,39,41). The lowest BCUT2D eigenvalue weighted by molar-refractivity contribution is 0.0700. The minimum Gasteiger partial charge on any atom is -0.384 e.